The van der Waals surface area contributed by atoms with Gasteiger partial charge in [0.2, 0.25) is 0 Å². The maximum atomic E-state index is 10.7. The smallest absolute Gasteiger partial charge is 0.336 e. The van der Waals surface area contributed by atoms with Crippen molar-refractivity contribution in [1.82, 2.24) is 5.32 Å². The summed E-state index contributed by atoms with van der Waals surface area (Å²) in [6, 6.07) is 0. The highest BCUT2D eigenvalue weighted by Gasteiger charge is 2.06. The molecule has 0 spiro atoms. The van der Waals surface area contributed by atoms with Crippen molar-refractivity contribution in [2.24, 2.45) is 0 Å². The minimum absolute atomic E-state index is 0.312. The molecule has 0 amide bonds. The number of methoxy groups -OCH3 is 1. The predicted octanol–water partition coefficient (Wildman–Crippen LogP) is 0.849. The molecule has 0 fully saturated rings. The Bertz CT molecular complexity index is 165. The second kappa shape index (κ2) is 4.17. The van der Waals surface area contributed by atoms with Gasteiger partial charge in [0.1, 0.15) is 5.16 Å². The molecule has 58 valence electrons. The molecule has 0 unspecified atom stereocenters. The van der Waals surface area contributed by atoms with Crippen LogP contribution in [0.5, 0.6) is 0 Å². The first-order valence-electron chi connectivity index (χ1n) is 2.76. The second-order valence-electron chi connectivity index (χ2n) is 1.68. The topological polar surface area (TPSA) is 38.3 Å². The van der Waals surface area contributed by atoms with Gasteiger partial charge in [-0.15, -0.1) is 0 Å². The van der Waals surface area contributed by atoms with Gasteiger partial charge in [0.25, 0.3) is 0 Å². The Morgan fingerprint density at radius 2 is 2.10 bits per heavy atom. The number of esters is 1. The van der Waals surface area contributed by atoms with Crippen LogP contribution in [0.3, 0.4) is 0 Å². The van der Waals surface area contributed by atoms with Crippen LogP contribution < -0.4 is 5.32 Å². The Morgan fingerprint density at radius 1 is 1.60 bits per heavy atom. The summed E-state index contributed by atoms with van der Waals surface area (Å²) in [6.45, 7) is 1.59. The van der Waals surface area contributed by atoms with Crippen LogP contribution in [0.1, 0.15) is 6.92 Å². The quantitative estimate of drug-likeness (QED) is 0.373. The number of ether oxygens (including phenoxy) is 1. The molecule has 3 nitrogen and oxygen atoms in total. The second-order valence-corrected chi connectivity index (χ2v) is 2.06. The van der Waals surface area contributed by atoms with Crippen LogP contribution >= 0.6 is 11.6 Å². The predicted molar refractivity (Wildman–Crippen MR) is 39.6 cm³/mol. The molecular formula is C6H10ClNO2. The van der Waals surface area contributed by atoms with Gasteiger partial charge in [-0.2, -0.15) is 0 Å². The van der Waals surface area contributed by atoms with E-state index in [1.807, 2.05) is 0 Å². The highest BCUT2D eigenvalue weighted by molar-refractivity contribution is 6.31. The van der Waals surface area contributed by atoms with Crippen molar-refractivity contribution in [3.8, 4) is 0 Å². The molecule has 0 aromatic rings. The highest BCUT2D eigenvalue weighted by Crippen LogP contribution is 2.05. The zero-order chi connectivity index (χ0) is 8.15. The van der Waals surface area contributed by atoms with Crippen LogP contribution in [0.2, 0.25) is 0 Å². The number of halogens is 1. The van der Waals surface area contributed by atoms with Gasteiger partial charge in [-0.25, -0.2) is 4.79 Å². The van der Waals surface area contributed by atoms with Gasteiger partial charge in [-0.3, -0.25) is 0 Å². The third-order valence-electron chi connectivity index (χ3n) is 1.04. The summed E-state index contributed by atoms with van der Waals surface area (Å²) < 4.78 is 4.41. The maximum Gasteiger partial charge on any atom is 0.336 e. The fourth-order valence-electron chi connectivity index (χ4n) is 0.430. The number of hydrogen-bond donors (Lipinski definition) is 1. The summed E-state index contributed by atoms with van der Waals surface area (Å²) in [7, 11) is 2.94. The zero-order valence-corrected chi connectivity index (χ0v) is 6.95. The molecule has 0 aliphatic heterocycles. The first-order valence-corrected chi connectivity index (χ1v) is 3.13. The van der Waals surface area contributed by atoms with E-state index in [1.165, 1.54) is 7.11 Å². The summed E-state index contributed by atoms with van der Waals surface area (Å²) in [5, 5.41) is 2.94. The van der Waals surface area contributed by atoms with Crippen molar-refractivity contribution >= 4 is 17.6 Å². The molecule has 0 saturated heterocycles. The van der Waals surface area contributed by atoms with E-state index in [0.29, 0.717) is 10.7 Å². The Morgan fingerprint density at radius 3 is 2.40 bits per heavy atom. The summed E-state index contributed by atoms with van der Waals surface area (Å²) in [4.78, 5) is 10.7. The molecule has 0 aromatic heterocycles. The molecule has 0 saturated carbocycles. The van der Waals surface area contributed by atoms with E-state index < -0.39 is 5.97 Å². The number of carbonyl (C=O) groups is 1. The third kappa shape index (κ3) is 2.27. The minimum atomic E-state index is -0.417. The molecule has 0 bridgehead atoms. The van der Waals surface area contributed by atoms with Gasteiger partial charge >= 0.3 is 5.97 Å². The SMILES string of the molecule is CN/C(Cl)=C(\C)C(=O)OC. The average Bonchev–Trinajstić information content (AvgIpc) is 2.00. The van der Waals surface area contributed by atoms with Crippen molar-refractivity contribution < 1.29 is 9.53 Å². The number of nitrogens with one attached hydrogen (secondary N) is 1. The fourth-order valence-corrected chi connectivity index (χ4v) is 0.507. The highest BCUT2D eigenvalue weighted by atomic mass is 35.5. The van der Waals surface area contributed by atoms with Gasteiger partial charge in [0.15, 0.2) is 0 Å². The Hall–Kier alpha value is -0.700. The van der Waals surface area contributed by atoms with Crippen LogP contribution in [0, 0.1) is 0 Å². The standard InChI is InChI=1S/C6H10ClNO2/c1-4(5(7)8-2)6(9)10-3/h8H,1-3H3/b5-4+. The van der Waals surface area contributed by atoms with E-state index in [0.717, 1.165) is 0 Å². The van der Waals surface area contributed by atoms with Gasteiger partial charge in [-0.1, -0.05) is 11.6 Å². The van der Waals surface area contributed by atoms with Crippen molar-refractivity contribution in [1.29, 1.82) is 0 Å². The Balaban J connectivity index is 4.30. The Kier molecular flexibility index (Phi) is 3.88. The monoisotopic (exact) mass is 163 g/mol. The number of rotatable bonds is 2. The van der Waals surface area contributed by atoms with Crippen LogP contribution in [0.4, 0.5) is 0 Å². The molecule has 10 heavy (non-hydrogen) atoms. The normalized spacial score (nSPS) is 12.0. The van der Waals surface area contributed by atoms with E-state index in [2.05, 4.69) is 10.1 Å². The van der Waals surface area contributed by atoms with Crippen molar-refractivity contribution in [2.45, 2.75) is 6.92 Å². The lowest BCUT2D eigenvalue weighted by atomic mass is 10.3. The molecule has 0 heterocycles. The molecule has 1 N–H and O–H groups in total. The first-order chi connectivity index (χ1) is 4.63. The summed E-state index contributed by atoms with van der Waals surface area (Å²) in [5.74, 6) is -0.417. The number of carbonyl (C=O) groups excluding carboxylic acids is 1. The molecule has 0 aliphatic rings. The lowest BCUT2D eigenvalue weighted by Gasteiger charge is -2.01. The van der Waals surface area contributed by atoms with E-state index in [-0.39, 0.29) is 0 Å². The summed E-state index contributed by atoms with van der Waals surface area (Å²) in [5.41, 5.74) is 0.381. The van der Waals surface area contributed by atoms with Crippen molar-refractivity contribution in [3.63, 3.8) is 0 Å². The van der Waals surface area contributed by atoms with Gasteiger partial charge < -0.3 is 10.1 Å². The minimum Gasteiger partial charge on any atom is -0.466 e. The number of hydrogen-bond acceptors (Lipinski definition) is 3. The lowest BCUT2D eigenvalue weighted by molar-refractivity contribution is -0.136. The largest absolute Gasteiger partial charge is 0.466 e. The lowest BCUT2D eigenvalue weighted by Crippen LogP contribution is -2.10. The molecular weight excluding hydrogens is 154 g/mol. The summed E-state index contributed by atoms with van der Waals surface area (Å²) >= 11 is 5.56. The van der Waals surface area contributed by atoms with E-state index >= 15 is 0 Å². The van der Waals surface area contributed by atoms with Crippen LogP contribution in [0.15, 0.2) is 10.7 Å². The summed E-state index contributed by atoms with van der Waals surface area (Å²) in [6.07, 6.45) is 0. The average molecular weight is 164 g/mol. The van der Waals surface area contributed by atoms with Crippen molar-refractivity contribution in [3.05, 3.63) is 10.7 Å². The molecule has 0 atom stereocenters. The fraction of sp³-hybridized carbons (Fsp3) is 0.500. The van der Waals surface area contributed by atoms with Crippen LogP contribution in [-0.2, 0) is 9.53 Å². The molecule has 0 rings (SSSR count). The molecule has 0 aliphatic carbocycles. The van der Waals surface area contributed by atoms with Crippen LogP contribution in [0.25, 0.3) is 0 Å². The van der Waals surface area contributed by atoms with Gasteiger partial charge in [0, 0.05) is 7.05 Å². The van der Waals surface area contributed by atoms with Crippen LogP contribution in [-0.4, -0.2) is 20.1 Å². The van der Waals surface area contributed by atoms with Gasteiger partial charge in [0.05, 0.1) is 12.7 Å². The van der Waals surface area contributed by atoms with Gasteiger partial charge in [-0.05, 0) is 6.92 Å². The first kappa shape index (κ1) is 9.30. The zero-order valence-electron chi connectivity index (χ0n) is 6.19. The third-order valence-corrected chi connectivity index (χ3v) is 1.51. The molecule has 0 aromatic carbocycles. The van der Waals surface area contributed by atoms with E-state index in [4.69, 9.17) is 11.6 Å². The van der Waals surface area contributed by atoms with E-state index in [1.54, 1.807) is 14.0 Å². The van der Waals surface area contributed by atoms with E-state index in [9.17, 15) is 4.79 Å². The maximum absolute atomic E-state index is 10.7. The Labute approximate surface area is 65.0 Å². The molecule has 4 heteroatoms. The van der Waals surface area contributed by atoms with Crippen molar-refractivity contribution in [2.75, 3.05) is 14.2 Å². The molecule has 0 radical (unpaired) electrons.